The van der Waals surface area contributed by atoms with Gasteiger partial charge in [-0.05, 0) is 90.3 Å². The number of alkyl carbamates (subject to hydrolysis) is 1. The number of allylic oxidation sites excluding steroid dienone is 6. The molecule has 2 heterocycles. The van der Waals surface area contributed by atoms with Crippen molar-refractivity contribution in [1.82, 2.24) is 10.6 Å². The molecule has 0 aliphatic carbocycles. The van der Waals surface area contributed by atoms with Crippen molar-refractivity contribution >= 4 is 49.3 Å². The van der Waals surface area contributed by atoms with Crippen molar-refractivity contribution in [2.24, 2.45) is 0 Å². The molecule has 0 radical (unpaired) electrons. The summed E-state index contributed by atoms with van der Waals surface area (Å²) in [5.74, 6) is -0.161. The van der Waals surface area contributed by atoms with Crippen LogP contribution >= 0.6 is 0 Å². The Morgan fingerprint density at radius 1 is 0.907 bits per heavy atom. The van der Waals surface area contributed by atoms with Gasteiger partial charge >= 0.3 is 6.09 Å². The molecule has 0 fully saturated rings. The number of carbonyl (C=O) groups is 2. The van der Waals surface area contributed by atoms with Crippen LogP contribution in [0.25, 0.3) is 0 Å². The SMILES string of the molecule is CC[N+]1=C(/C=C/C=C/C=C2\N(CCCCC(=O)NCCNC(=O)OC(C)(C)C)c3cc(S(=O)(=O)O)ccc3C2(C)C)C(C)(C)c2cc(S(=O)(=O)[O-])ccc21. The summed E-state index contributed by atoms with van der Waals surface area (Å²) < 4.78 is 76.5. The van der Waals surface area contributed by atoms with Crippen LogP contribution in [0, 0.1) is 0 Å². The van der Waals surface area contributed by atoms with Gasteiger partial charge < -0.3 is 24.8 Å². The monoisotopic (exact) mass is 784 g/mol. The first-order valence-corrected chi connectivity index (χ1v) is 20.8. The summed E-state index contributed by atoms with van der Waals surface area (Å²) in [6, 6.07) is 9.06. The van der Waals surface area contributed by atoms with E-state index in [2.05, 4.69) is 15.2 Å². The Kier molecular flexibility index (Phi) is 12.7. The molecule has 3 N–H and O–H groups in total. The zero-order valence-corrected chi connectivity index (χ0v) is 33.9. The van der Waals surface area contributed by atoms with Crippen molar-refractivity contribution in [2.45, 2.75) is 101 Å². The van der Waals surface area contributed by atoms with Crippen LogP contribution in [-0.2, 0) is 40.6 Å². The fourth-order valence-electron chi connectivity index (χ4n) is 6.90. The topological polar surface area (TPSA) is 185 Å². The lowest BCUT2D eigenvalue weighted by atomic mass is 9.81. The van der Waals surface area contributed by atoms with E-state index in [1.165, 1.54) is 24.3 Å². The molecule has 0 saturated heterocycles. The van der Waals surface area contributed by atoms with Crippen LogP contribution < -0.4 is 15.5 Å². The number of unbranched alkanes of at least 4 members (excludes halogenated alkanes) is 1. The maximum atomic E-state index is 12.5. The fraction of sp³-hybridized carbons (Fsp3) is 0.462. The summed E-state index contributed by atoms with van der Waals surface area (Å²) in [5.41, 5.74) is 3.27. The van der Waals surface area contributed by atoms with Gasteiger partial charge in [0.2, 0.25) is 11.6 Å². The quantitative estimate of drug-likeness (QED) is 0.0910. The number of hydrogen-bond acceptors (Lipinski definition) is 9. The summed E-state index contributed by atoms with van der Waals surface area (Å²) in [5, 5.41) is 5.39. The van der Waals surface area contributed by atoms with E-state index in [0.29, 0.717) is 31.6 Å². The number of amides is 2. The van der Waals surface area contributed by atoms with E-state index in [4.69, 9.17) is 4.74 Å². The van der Waals surface area contributed by atoms with E-state index < -0.39 is 42.8 Å². The summed E-state index contributed by atoms with van der Waals surface area (Å²) in [7, 11) is -9.06. The number of ether oxygens (including phenoxy) is 1. The van der Waals surface area contributed by atoms with Gasteiger partial charge in [-0.15, -0.1) is 0 Å². The second-order valence-corrected chi connectivity index (χ2v) is 18.2. The smallest absolute Gasteiger partial charge is 0.407 e. The second-order valence-electron chi connectivity index (χ2n) is 15.3. The van der Waals surface area contributed by atoms with Crippen LogP contribution in [0.15, 0.2) is 82.3 Å². The molecule has 2 aliphatic rings. The highest BCUT2D eigenvalue weighted by Crippen LogP contribution is 2.48. The number of carbonyl (C=O) groups excluding carboxylic acids is 2. The van der Waals surface area contributed by atoms with E-state index in [-0.39, 0.29) is 35.2 Å². The van der Waals surface area contributed by atoms with Crippen LogP contribution in [0.3, 0.4) is 0 Å². The lowest BCUT2D eigenvalue weighted by molar-refractivity contribution is -0.433. The molecule has 0 aromatic heterocycles. The number of anilines is 1. The molecule has 2 aliphatic heterocycles. The highest BCUT2D eigenvalue weighted by molar-refractivity contribution is 7.86. The zero-order chi connectivity index (χ0) is 40.3. The first kappa shape index (κ1) is 42.4. The molecule has 2 aromatic carbocycles. The number of benzene rings is 2. The molecule has 0 spiro atoms. The zero-order valence-electron chi connectivity index (χ0n) is 32.2. The van der Waals surface area contributed by atoms with Crippen LogP contribution in [0.1, 0.15) is 85.8 Å². The van der Waals surface area contributed by atoms with Gasteiger partial charge in [0.15, 0.2) is 5.71 Å². The van der Waals surface area contributed by atoms with Gasteiger partial charge in [0.05, 0.1) is 15.2 Å². The Hall–Kier alpha value is -4.31. The van der Waals surface area contributed by atoms with E-state index in [0.717, 1.165) is 28.2 Å². The standard InChI is InChI=1S/C39H52N4O9S2/c1-9-42-31-21-19-27(53(46,47)48)25-30(31)39(7,8)33(42)15-11-10-12-16-34-38(5,6)29-20-18-28(54(49,50)51)26-32(29)43(34)24-14-13-17-35(44)40-22-23-41-36(45)52-37(2,3)4/h10-12,15-16,18-21,25-26H,9,13-14,17,22-24H2,1-8H3,(H3-,40,41,44,45,46,47,48,49,50,51). The number of rotatable bonds is 14. The predicted molar refractivity (Wildman–Crippen MR) is 207 cm³/mol. The molecule has 0 bridgehead atoms. The van der Waals surface area contributed by atoms with Crippen molar-refractivity contribution in [3.05, 3.63) is 83.6 Å². The number of nitrogens with one attached hydrogen (secondary N) is 2. The molecule has 2 amide bonds. The third-order valence-electron chi connectivity index (χ3n) is 9.51. The minimum Gasteiger partial charge on any atom is -0.744 e. The van der Waals surface area contributed by atoms with E-state index in [9.17, 15) is 35.5 Å². The Morgan fingerprint density at radius 2 is 1.57 bits per heavy atom. The summed E-state index contributed by atoms with van der Waals surface area (Å²) in [6.07, 6.45) is 10.4. The van der Waals surface area contributed by atoms with Crippen LogP contribution in [0.5, 0.6) is 0 Å². The van der Waals surface area contributed by atoms with Crippen molar-refractivity contribution in [1.29, 1.82) is 0 Å². The van der Waals surface area contributed by atoms with Gasteiger partial charge in [0.1, 0.15) is 22.3 Å². The van der Waals surface area contributed by atoms with Gasteiger partial charge in [-0.25, -0.2) is 13.2 Å². The molecule has 4 rings (SSSR count). The Bertz CT molecular complexity index is 2130. The molecule has 15 heteroatoms. The lowest BCUT2D eigenvalue weighted by Gasteiger charge is -2.27. The third-order valence-corrected chi connectivity index (χ3v) is 11.2. The second kappa shape index (κ2) is 16.2. The fourth-order valence-corrected chi connectivity index (χ4v) is 7.90. The van der Waals surface area contributed by atoms with E-state index >= 15 is 0 Å². The highest BCUT2D eigenvalue weighted by atomic mass is 32.2. The van der Waals surface area contributed by atoms with Crippen molar-refractivity contribution in [3.8, 4) is 0 Å². The molecular weight excluding hydrogens is 733 g/mol. The maximum Gasteiger partial charge on any atom is 0.407 e. The predicted octanol–water partition coefficient (Wildman–Crippen LogP) is 5.84. The van der Waals surface area contributed by atoms with Crippen LogP contribution in [0.4, 0.5) is 16.2 Å². The maximum absolute atomic E-state index is 12.5. The van der Waals surface area contributed by atoms with E-state index in [1.54, 1.807) is 32.9 Å². The van der Waals surface area contributed by atoms with Crippen molar-refractivity contribution in [2.75, 3.05) is 31.1 Å². The largest absolute Gasteiger partial charge is 0.744 e. The first-order valence-electron chi connectivity index (χ1n) is 17.9. The summed E-state index contributed by atoms with van der Waals surface area (Å²) >= 11 is 0. The highest BCUT2D eigenvalue weighted by Gasteiger charge is 2.44. The lowest BCUT2D eigenvalue weighted by Crippen LogP contribution is -2.37. The molecule has 54 heavy (non-hydrogen) atoms. The Labute approximate surface area is 319 Å². The summed E-state index contributed by atoms with van der Waals surface area (Å²) in [6.45, 7) is 16.9. The Balaban J connectivity index is 1.49. The average Bonchev–Trinajstić information content (AvgIpc) is 3.40. The van der Waals surface area contributed by atoms with E-state index in [1.807, 2.05) is 69.9 Å². The van der Waals surface area contributed by atoms with Crippen molar-refractivity contribution in [3.63, 3.8) is 0 Å². The minimum absolute atomic E-state index is 0.161. The molecule has 0 atom stereocenters. The molecule has 0 saturated carbocycles. The first-order chi connectivity index (χ1) is 25.0. The molecule has 2 aromatic rings. The van der Waals surface area contributed by atoms with Gasteiger partial charge in [-0.3, -0.25) is 9.35 Å². The minimum atomic E-state index is -4.61. The summed E-state index contributed by atoms with van der Waals surface area (Å²) in [4.78, 5) is 25.9. The molecular formula is C39H52N4O9S2. The van der Waals surface area contributed by atoms with Gasteiger partial charge in [-0.2, -0.15) is 13.0 Å². The van der Waals surface area contributed by atoms with Crippen molar-refractivity contribution < 1.29 is 44.8 Å². The molecule has 294 valence electrons. The van der Waals surface area contributed by atoms with Gasteiger partial charge in [-0.1, -0.05) is 38.1 Å². The van der Waals surface area contributed by atoms with Crippen LogP contribution in [0.2, 0.25) is 0 Å². The molecule has 13 nitrogen and oxygen atoms in total. The average molecular weight is 785 g/mol. The number of hydrogen-bond donors (Lipinski definition) is 3. The number of nitrogens with zero attached hydrogens (tertiary/aromatic N) is 2. The van der Waals surface area contributed by atoms with Crippen LogP contribution in [-0.4, -0.2) is 80.0 Å². The normalized spacial score (nSPS) is 17.4. The molecule has 0 unspecified atom stereocenters. The number of fused-ring (bicyclic) bond motifs is 2. The third kappa shape index (κ3) is 9.86. The van der Waals surface area contributed by atoms with Gasteiger partial charge in [0, 0.05) is 60.6 Å². The Morgan fingerprint density at radius 3 is 2.20 bits per heavy atom. The van der Waals surface area contributed by atoms with Gasteiger partial charge in [0.25, 0.3) is 10.1 Å².